The molecule has 8 nitrogen and oxygen atoms in total. The minimum atomic E-state index is -0.856. The van der Waals surface area contributed by atoms with Crippen molar-refractivity contribution in [3.63, 3.8) is 0 Å². The maximum atomic E-state index is 13.2. The first-order valence-corrected chi connectivity index (χ1v) is 9.50. The summed E-state index contributed by atoms with van der Waals surface area (Å²) in [6.07, 6.45) is 0. The Morgan fingerprint density at radius 1 is 1.03 bits per heavy atom. The highest BCUT2D eigenvalue weighted by Crippen LogP contribution is 2.26. The van der Waals surface area contributed by atoms with Gasteiger partial charge in [0.2, 0.25) is 11.9 Å². The topological polar surface area (TPSA) is 89.2 Å². The number of anilines is 2. The van der Waals surface area contributed by atoms with Crippen LogP contribution < -0.4 is 21.3 Å². The molecule has 30 heavy (non-hydrogen) atoms. The summed E-state index contributed by atoms with van der Waals surface area (Å²) in [5, 5.41) is 6.97. The van der Waals surface area contributed by atoms with E-state index in [9.17, 15) is 18.8 Å². The van der Waals surface area contributed by atoms with Gasteiger partial charge in [0.1, 0.15) is 12.4 Å². The van der Waals surface area contributed by atoms with Crippen LogP contribution >= 0.6 is 0 Å². The average Bonchev–Trinajstić information content (AvgIpc) is 3.16. The van der Waals surface area contributed by atoms with Gasteiger partial charge in [-0.05, 0) is 36.8 Å². The number of carbonyl (C=O) groups excluding carboxylic acids is 1. The molecule has 0 aliphatic carbocycles. The fourth-order valence-electron chi connectivity index (χ4n) is 3.30. The van der Waals surface area contributed by atoms with Crippen LogP contribution in [-0.4, -0.2) is 26.8 Å². The number of aromatic nitrogens is 3. The molecule has 9 heteroatoms. The number of hydrogen-bond donors (Lipinski definition) is 1. The molecule has 1 amide bonds. The van der Waals surface area contributed by atoms with Gasteiger partial charge in [-0.15, -0.1) is 5.10 Å². The lowest BCUT2D eigenvalue weighted by Gasteiger charge is -2.17. The molecule has 0 radical (unpaired) electrons. The zero-order valence-corrected chi connectivity index (χ0v) is 16.3. The Kier molecular flexibility index (Phi) is 5.18. The van der Waals surface area contributed by atoms with E-state index in [1.807, 2.05) is 31.2 Å². The molecular weight excluding hydrogens is 389 g/mol. The first-order valence-electron chi connectivity index (χ1n) is 9.50. The molecule has 0 spiro atoms. The molecule has 1 aliphatic heterocycles. The van der Waals surface area contributed by atoms with E-state index in [4.69, 9.17) is 0 Å². The van der Waals surface area contributed by atoms with Gasteiger partial charge in [0.25, 0.3) is 0 Å². The Hall–Kier alpha value is -3.75. The zero-order valence-electron chi connectivity index (χ0n) is 16.3. The number of nitrogens with one attached hydrogen (secondary N) is 1. The van der Waals surface area contributed by atoms with Crippen LogP contribution in [0.1, 0.15) is 11.1 Å². The maximum Gasteiger partial charge on any atom is 0.333 e. The number of hydrogen-bond acceptors (Lipinski definition) is 5. The number of amides is 1. The van der Waals surface area contributed by atoms with Gasteiger partial charge >= 0.3 is 11.1 Å². The number of halogens is 1. The van der Waals surface area contributed by atoms with Crippen molar-refractivity contribution >= 4 is 17.5 Å². The second kappa shape index (κ2) is 7.94. The highest BCUT2D eigenvalue weighted by molar-refractivity contribution is 5.75. The van der Waals surface area contributed by atoms with Gasteiger partial charge in [0, 0.05) is 25.3 Å². The summed E-state index contributed by atoms with van der Waals surface area (Å²) >= 11 is 0. The van der Waals surface area contributed by atoms with Gasteiger partial charge in [0.05, 0.1) is 0 Å². The van der Waals surface area contributed by atoms with Crippen LogP contribution in [0.15, 0.2) is 58.1 Å². The summed E-state index contributed by atoms with van der Waals surface area (Å²) in [5.41, 5.74) is 1.08. The lowest BCUT2D eigenvalue weighted by Crippen LogP contribution is -2.44. The molecule has 2 heterocycles. The molecule has 0 atom stereocenters. The smallest absolute Gasteiger partial charge is 0.333 e. The van der Waals surface area contributed by atoms with E-state index < -0.39 is 17.0 Å². The van der Waals surface area contributed by atoms with E-state index in [-0.39, 0.29) is 24.9 Å². The molecule has 2 aromatic carbocycles. The van der Waals surface area contributed by atoms with E-state index in [2.05, 4.69) is 10.4 Å². The van der Waals surface area contributed by atoms with Gasteiger partial charge in [0.15, 0.2) is 0 Å². The molecule has 154 valence electrons. The maximum absolute atomic E-state index is 13.2. The lowest BCUT2D eigenvalue weighted by atomic mass is 10.1. The molecule has 0 unspecified atom stereocenters. The van der Waals surface area contributed by atoms with Gasteiger partial charge in [-0.3, -0.25) is 19.0 Å². The third-order valence-electron chi connectivity index (χ3n) is 4.94. The second-order valence-corrected chi connectivity index (χ2v) is 7.11. The quantitative estimate of drug-likeness (QED) is 0.642. The molecular formula is C21H20FN5O3. The number of nitrogens with zero attached hydrogens (tertiary/aromatic N) is 4. The number of benzene rings is 2. The van der Waals surface area contributed by atoms with Crippen LogP contribution in [0.25, 0.3) is 0 Å². The summed E-state index contributed by atoms with van der Waals surface area (Å²) in [4.78, 5) is 38.9. The summed E-state index contributed by atoms with van der Waals surface area (Å²) < 4.78 is 15.4. The normalized spacial score (nSPS) is 12.7. The monoisotopic (exact) mass is 409 g/mol. The molecule has 0 saturated heterocycles. The van der Waals surface area contributed by atoms with Crippen molar-refractivity contribution in [2.24, 2.45) is 0 Å². The molecule has 0 bridgehead atoms. The average molecular weight is 409 g/mol. The Morgan fingerprint density at radius 3 is 2.43 bits per heavy atom. The third-order valence-corrected chi connectivity index (χ3v) is 4.94. The third kappa shape index (κ3) is 3.86. The molecule has 1 aliphatic rings. The number of fused-ring (bicyclic) bond motifs is 1. The predicted octanol–water partition coefficient (Wildman–Crippen LogP) is 1.32. The SMILES string of the molecule is Cc1ccc(CNC(=O)Cn2nc3n(c(=O)c2=O)CCN3c2ccc(F)cc2)cc1. The van der Waals surface area contributed by atoms with E-state index in [0.717, 1.165) is 15.8 Å². The molecule has 1 aromatic heterocycles. The molecule has 0 saturated carbocycles. The van der Waals surface area contributed by atoms with Gasteiger partial charge < -0.3 is 10.2 Å². The lowest BCUT2D eigenvalue weighted by molar-refractivity contribution is -0.122. The number of aryl methyl sites for hydroxylation is 1. The first-order chi connectivity index (χ1) is 14.4. The molecule has 4 rings (SSSR count). The van der Waals surface area contributed by atoms with Crippen molar-refractivity contribution < 1.29 is 9.18 Å². The highest BCUT2D eigenvalue weighted by Gasteiger charge is 2.26. The van der Waals surface area contributed by atoms with Crippen molar-refractivity contribution in [1.29, 1.82) is 0 Å². The minimum absolute atomic E-state index is 0.248. The van der Waals surface area contributed by atoms with E-state index in [1.165, 1.54) is 16.7 Å². The standard InChI is InChI=1S/C21H20FN5O3/c1-14-2-4-15(5-3-14)12-23-18(28)13-27-20(30)19(29)26-11-10-25(21(26)24-27)17-8-6-16(22)7-9-17/h2-9H,10-13H2,1H3,(H,23,28). The summed E-state index contributed by atoms with van der Waals surface area (Å²) in [7, 11) is 0. The Labute approximate surface area is 171 Å². The Balaban J connectivity index is 1.55. The van der Waals surface area contributed by atoms with Crippen molar-refractivity contribution in [3.05, 3.63) is 86.2 Å². The molecule has 0 fully saturated rings. The number of carbonyl (C=O) groups is 1. The zero-order chi connectivity index (χ0) is 21.3. The number of rotatable bonds is 5. The largest absolute Gasteiger partial charge is 0.350 e. The fourth-order valence-corrected chi connectivity index (χ4v) is 3.30. The second-order valence-electron chi connectivity index (χ2n) is 7.11. The van der Waals surface area contributed by atoms with Crippen molar-refractivity contribution in [2.75, 3.05) is 11.4 Å². The summed E-state index contributed by atoms with van der Waals surface area (Å²) in [6.45, 7) is 2.61. The van der Waals surface area contributed by atoms with Crippen LogP contribution in [0.3, 0.4) is 0 Å². The first kappa shape index (κ1) is 19.6. The van der Waals surface area contributed by atoms with Crippen molar-refractivity contribution in [3.8, 4) is 0 Å². The molecule has 3 aromatic rings. The van der Waals surface area contributed by atoms with Gasteiger partial charge in [-0.1, -0.05) is 29.8 Å². The fraction of sp³-hybridized carbons (Fsp3) is 0.238. The van der Waals surface area contributed by atoms with E-state index in [1.54, 1.807) is 17.0 Å². The molecule has 1 N–H and O–H groups in total. The minimum Gasteiger partial charge on any atom is -0.350 e. The summed E-state index contributed by atoms with van der Waals surface area (Å²) in [6, 6.07) is 13.5. The Morgan fingerprint density at radius 2 is 1.73 bits per heavy atom. The predicted molar refractivity (Wildman–Crippen MR) is 109 cm³/mol. The Bertz CT molecular complexity index is 1200. The van der Waals surface area contributed by atoms with Gasteiger partial charge in [-0.25, -0.2) is 9.07 Å². The summed E-state index contributed by atoms with van der Waals surface area (Å²) in [5.74, 6) is -0.558. The van der Waals surface area contributed by atoms with Crippen LogP contribution in [0.4, 0.5) is 16.0 Å². The van der Waals surface area contributed by atoms with Crippen LogP contribution in [-0.2, 0) is 24.4 Å². The highest BCUT2D eigenvalue weighted by atomic mass is 19.1. The van der Waals surface area contributed by atoms with Crippen LogP contribution in [0, 0.1) is 12.7 Å². The van der Waals surface area contributed by atoms with E-state index >= 15 is 0 Å². The van der Waals surface area contributed by atoms with E-state index in [0.29, 0.717) is 18.8 Å². The van der Waals surface area contributed by atoms with Crippen molar-refractivity contribution in [1.82, 2.24) is 19.7 Å². The van der Waals surface area contributed by atoms with Gasteiger partial charge in [-0.2, -0.15) is 0 Å². The van der Waals surface area contributed by atoms with Crippen LogP contribution in [0.2, 0.25) is 0 Å². The van der Waals surface area contributed by atoms with Crippen LogP contribution in [0.5, 0.6) is 0 Å². The van der Waals surface area contributed by atoms with Crippen molar-refractivity contribution in [2.45, 2.75) is 26.6 Å².